The Hall–Kier alpha value is -4.29. The normalized spacial score (nSPS) is 14.8. The SMILES string of the molecule is CCCCC1Cc2ccc(-c3cc(F)c(-c4cc(F)c(C(F)(F)Oc5cc(F)c(OC(F)(F)F)c(F)c5)c(F)c4)c(F)c3)cc2C1. The van der Waals surface area contributed by atoms with Crippen LogP contribution in [0.4, 0.5) is 48.3 Å². The van der Waals surface area contributed by atoms with Crippen molar-refractivity contribution in [1.82, 2.24) is 0 Å². The zero-order chi connectivity index (χ0) is 33.6. The second kappa shape index (κ2) is 12.5. The number of fused-ring (bicyclic) bond motifs is 1. The van der Waals surface area contributed by atoms with Crippen molar-refractivity contribution in [3.63, 3.8) is 0 Å². The van der Waals surface area contributed by atoms with Gasteiger partial charge in [0.05, 0.1) is 5.56 Å². The summed E-state index contributed by atoms with van der Waals surface area (Å²) in [6, 6.07) is 7.49. The first-order valence-electron chi connectivity index (χ1n) is 14.0. The van der Waals surface area contributed by atoms with Gasteiger partial charge in [0, 0.05) is 12.1 Å². The number of hydrogen-bond donors (Lipinski definition) is 0. The molecule has 0 bridgehead atoms. The average Bonchev–Trinajstić information content (AvgIpc) is 3.34. The molecule has 244 valence electrons. The first-order chi connectivity index (χ1) is 21.6. The summed E-state index contributed by atoms with van der Waals surface area (Å²) in [4.78, 5) is 0. The molecule has 0 radical (unpaired) electrons. The molecule has 0 aliphatic heterocycles. The van der Waals surface area contributed by atoms with E-state index in [4.69, 9.17) is 0 Å². The standard InChI is InChI=1S/C33H23F11O2/c1-2-3-4-16-7-17-5-6-18(9-19(17)8-16)20-10-23(34)29(24(35)11-20)21-12-25(36)30(26(37)13-21)32(40,41)45-22-14-27(38)31(28(39)15-22)46-33(42,43)44/h5-6,9-16H,2-4,7-8H2,1H3. The molecule has 46 heavy (non-hydrogen) atoms. The molecule has 2 nitrogen and oxygen atoms in total. The highest BCUT2D eigenvalue weighted by Crippen LogP contribution is 2.41. The number of ether oxygens (including phenoxy) is 2. The molecule has 1 aliphatic rings. The molecule has 5 rings (SSSR count). The van der Waals surface area contributed by atoms with Crippen molar-refractivity contribution >= 4 is 0 Å². The Bertz CT molecular complexity index is 1710. The second-order valence-corrected chi connectivity index (χ2v) is 10.9. The van der Waals surface area contributed by atoms with E-state index in [0.717, 1.165) is 55.4 Å². The van der Waals surface area contributed by atoms with Crippen LogP contribution in [0, 0.1) is 40.8 Å². The molecule has 13 heteroatoms. The maximum absolute atomic E-state index is 15.2. The van der Waals surface area contributed by atoms with E-state index < -0.39 is 75.6 Å². The fraction of sp³-hybridized carbons (Fsp3) is 0.273. The van der Waals surface area contributed by atoms with Crippen LogP contribution in [0.1, 0.15) is 42.9 Å². The molecule has 4 aromatic rings. The van der Waals surface area contributed by atoms with E-state index in [9.17, 15) is 39.5 Å². The Morgan fingerprint density at radius 2 is 1.20 bits per heavy atom. The lowest BCUT2D eigenvalue weighted by molar-refractivity contribution is -0.276. The van der Waals surface area contributed by atoms with E-state index in [1.807, 2.05) is 12.1 Å². The number of rotatable bonds is 9. The quantitative estimate of drug-likeness (QED) is 0.166. The highest BCUT2D eigenvalue weighted by Gasteiger charge is 2.42. The number of hydrogen-bond acceptors (Lipinski definition) is 2. The van der Waals surface area contributed by atoms with E-state index in [0.29, 0.717) is 11.5 Å². The van der Waals surface area contributed by atoms with Crippen LogP contribution in [0.3, 0.4) is 0 Å². The maximum Gasteiger partial charge on any atom is 0.573 e. The van der Waals surface area contributed by atoms with Gasteiger partial charge in [-0.3, -0.25) is 0 Å². The van der Waals surface area contributed by atoms with Crippen molar-refractivity contribution in [2.75, 3.05) is 0 Å². The van der Waals surface area contributed by atoms with Crippen molar-refractivity contribution in [3.8, 4) is 33.8 Å². The molecular formula is C33H23F11O2. The highest BCUT2D eigenvalue weighted by atomic mass is 19.4. The lowest BCUT2D eigenvalue weighted by atomic mass is 9.96. The van der Waals surface area contributed by atoms with Crippen molar-refractivity contribution in [2.45, 2.75) is 51.5 Å². The van der Waals surface area contributed by atoms with Crippen LogP contribution in [0.2, 0.25) is 0 Å². The van der Waals surface area contributed by atoms with Crippen LogP contribution in [0.25, 0.3) is 22.3 Å². The summed E-state index contributed by atoms with van der Waals surface area (Å²) in [5, 5.41) is 0. The van der Waals surface area contributed by atoms with Crippen molar-refractivity contribution in [2.24, 2.45) is 5.92 Å². The molecule has 0 N–H and O–H groups in total. The van der Waals surface area contributed by atoms with Crippen LogP contribution in [0.15, 0.2) is 54.6 Å². The van der Waals surface area contributed by atoms with E-state index in [2.05, 4.69) is 16.4 Å². The van der Waals surface area contributed by atoms with Gasteiger partial charge in [0.2, 0.25) is 5.75 Å². The third-order valence-electron chi connectivity index (χ3n) is 7.62. The number of halogens is 11. The van der Waals surface area contributed by atoms with Crippen LogP contribution in [0.5, 0.6) is 11.5 Å². The average molecular weight is 661 g/mol. The van der Waals surface area contributed by atoms with Gasteiger partial charge in [-0.05, 0) is 77.3 Å². The number of alkyl halides is 5. The van der Waals surface area contributed by atoms with E-state index in [-0.39, 0.29) is 29.8 Å². The third kappa shape index (κ3) is 6.92. The summed E-state index contributed by atoms with van der Waals surface area (Å²) < 4.78 is 162. The zero-order valence-electron chi connectivity index (χ0n) is 23.8. The Morgan fingerprint density at radius 3 is 1.76 bits per heavy atom. The molecule has 0 fully saturated rings. The van der Waals surface area contributed by atoms with Gasteiger partial charge in [0.25, 0.3) is 0 Å². The monoisotopic (exact) mass is 660 g/mol. The maximum atomic E-state index is 15.2. The van der Waals surface area contributed by atoms with Gasteiger partial charge < -0.3 is 9.47 Å². The van der Waals surface area contributed by atoms with Gasteiger partial charge >= 0.3 is 12.5 Å². The highest BCUT2D eigenvalue weighted by molar-refractivity contribution is 5.73. The smallest absolute Gasteiger partial charge is 0.429 e. The Morgan fingerprint density at radius 1 is 0.630 bits per heavy atom. The molecule has 0 saturated heterocycles. The van der Waals surface area contributed by atoms with Gasteiger partial charge in [-0.1, -0.05) is 38.0 Å². The Balaban J connectivity index is 1.41. The minimum atomic E-state index is -5.53. The van der Waals surface area contributed by atoms with Crippen molar-refractivity contribution in [3.05, 3.63) is 106 Å². The molecular weight excluding hydrogens is 637 g/mol. The third-order valence-corrected chi connectivity index (χ3v) is 7.62. The van der Waals surface area contributed by atoms with Crippen molar-refractivity contribution < 1.29 is 57.8 Å². The first-order valence-corrected chi connectivity index (χ1v) is 14.0. The number of unbranched alkanes of at least 4 members (excludes halogenated alkanes) is 1. The minimum Gasteiger partial charge on any atom is -0.429 e. The fourth-order valence-electron chi connectivity index (χ4n) is 5.60. The molecule has 1 aliphatic carbocycles. The Kier molecular flexibility index (Phi) is 8.98. The van der Waals surface area contributed by atoms with Crippen LogP contribution >= 0.6 is 0 Å². The lowest BCUT2D eigenvalue weighted by Crippen LogP contribution is -2.25. The fourth-order valence-corrected chi connectivity index (χ4v) is 5.60. The van der Waals surface area contributed by atoms with E-state index in [1.165, 1.54) is 0 Å². The molecule has 4 aromatic carbocycles. The predicted octanol–water partition coefficient (Wildman–Crippen LogP) is 10.8. The van der Waals surface area contributed by atoms with E-state index >= 15 is 8.78 Å². The van der Waals surface area contributed by atoms with E-state index in [1.54, 1.807) is 6.07 Å². The van der Waals surface area contributed by atoms with Crippen molar-refractivity contribution in [1.29, 1.82) is 0 Å². The summed E-state index contributed by atoms with van der Waals surface area (Å²) >= 11 is 0. The summed E-state index contributed by atoms with van der Waals surface area (Å²) in [7, 11) is 0. The van der Waals surface area contributed by atoms with Gasteiger partial charge in [-0.25, -0.2) is 26.3 Å². The summed E-state index contributed by atoms with van der Waals surface area (Å²) in [5.74, 6) is -13.7. The van der Waals surface area contributed by atoms with Gasteiger partial charge in [-0.15, -0.1) is 13.2 Å². The lowest BCUT2D eigenvalue weighted by Gasteiger charge is -2.21. The van der Waals surface area contributed by atoms with Gasteiger partial charge in [0.1, 0.15) is 34.6 Å². The van der Waals surface area contributed by atoms with Gasteiger partial charge in [0.15, 0.2) is 11.6 Å². The Labute approximate surface area is 255 Å². The molecule has 1 unspecified atom stereocenters. The number of benzene rings is 4. The van der Waals surface area contributed by atoms with Crippen LogP contribution in [-0.2, 0) is 19.0 Å². The van der Waals surface area contributed by atoms with Crippen LogP contribution in [-0.4, -0.2) is 6.36 Å². The minimum absolute atomic E-state index is 0.125. The van der Waals surface area contributed by atoms with Crippen LogP contribution < -0.4 is 9.47 Å². The van der Waals surface area contributed by atoms with Gasteiger partial charge in [-0.2, -0.15) is 8.78 Å². The first kappa shape index (κ1) is 33.1. The molecule has 1 atom stereocenters. The summed E-state index contributed by atoms with van der Waals surface area (Å²) in [6.45, 7) is 2.10. The molecule has 0 heterocycles. The predicted molar refractivity (Wildman–Crippen MR) is 145 cm³/mol. The summed E-state index contributed by atoms with van der Waals surface area (Å²) in [5.41, 5.74) is -0.936. The topological polar surface area (TPSA) is 18.5 Å². The molecule has 0 amide bonds. The zero-order valence-corrected chi connectivity index (χ0v) is 23.8. The molecule has 0 saturated carbocycles. The second-order valence-electron chi connectivity index (χ2n) is 10.9. The summed E-state index contributed by atoms with van der Waals surface area (Å²) in [6.07, 6.45) is -5.57. The largest absolute Gasteiger partial charge is 0.573 e. The molecule has 0 spiro atoms. The molecule has 0 aromatic heterocycles.